The summed E-state index contributed by atoms with van der Waals surface area (Å²) in [6, 6.07) is 0. The van der Waals surface area contributed by atoms with Crippen molar-refractivity contribution in [3.8, 4) is 0 Å². The Bertz CT molecular complexity index is 487. The summed E-state index contributed by atoms with van der Waals surface area (Å²) in [6.45, 7) is 14.5. The van der Waals surface area contributed by atoms with Crippen LogP contribution in [0.25, 0.3) is 0 Å². The summed E-state index contributed by atoms with van der Waals surface area (Å²) in [5, 5.41) is 0. The second-order valence-electron chi connectivity index (χ2n) is 7.57. The molecule has 0 saturated carbocycles. The molecule has 0 radical (unpaired) electrons. The Hall–Kier alpha value is -0.390. The van der Waals surface area contributed by atoms with Crippen LogP contribution in [0, 0.1) is 20.8 Å². The minimum Gasteiger partial charge on any atom is -0.0922 e. The van der Waals surface area contributed by atoms with Gasteiger partial charge >= 0.3 is 0 Å². The normalized spacial score (nSPS) is 11.5. The molecule has 1 aromatic rings. The molecule has 0 N–H and O–H groups in total. The van der Waals surface area contributed by atoms with Gasteiger partial charge in [-0.1, -0.05) is 48.4 Å². The third-order valence-electron chi connectivity index (χ3n) is 4.94. The molecule has 19 heavy (non-hydrogen) atoms. The highest BCUT2D eigenvalue weighted by Crippen LogP contribution is 2.23. The van der Waals surface area contributed by atoms with Crippen LogP contribution in [0.15, 0.2) is 0 Å². The fourth-order valence-corrected chi connectivity index (χ4v) is 3.21. The number of hydrogen-bond donors (Lipinski definition) is 0. The molecule has 0 aliphatic heterocycles. The first-order valence-electron chi connectivity index (χ1n) is 7.60. The van der Waals surface area contributed by atoms with Crippen LogP contribution in [-0.2, 0) is 5.41 Å². The van der Waals surface area contributed by atoms with Crippen LogP contribution in [-0.4, -0.2) is 43.9 Å². The summed E-state index contributed by atoms with van der Waals surface area (Å²) in [5.41, 5.74) is 9.35. The van der Waals surface area contributed by atoms with E-state index in [4.69, 9.17) is 0 Å². The van der Waals surface area contributed by atoms with Crippen molar-refractivity contribution in [3.05, 3.63) is 22.3 Å². The van der Waals surface area contributed by atoms with Crippen molar-refractivity contribution >= 4 is 54.9 Å². The predicted molar refractivity (Wildman–Crippen MR) is 104 cm³/mol. The monoisotopic (exact) mass is 248 g/mol. The molecule has 0 nitrogen and oxygen atoms in total. The Morgan fingerprint density at radius 2 is 1.32 bits per heavy atom. The van der Waals surface area contributed by atoms with Gasteiger partial charge in [0, 0.05) is 6.39 Å². The average molecular weight is 247 g/mol. The van der Waals surface area contributed by atoms with Crippen molar-refractivity contribution in [2.24, 2.45) is 0 Å². The van der Waals surface area contributed by atoms with Crippen LogP contribution in [0.2, 0.25) is 0 Å². The van der Waals surface area contributed by atoms with Gasteiger partial charge in [-0.3, -0.25) is 0 Å². The number of rotatable bonds is 2. The second kappa shape index (κ2) is 5.54. The fraction of sp³-hybridized carbons (Fsp3) is 0.538. The van der Waals surface area contributed by atoms with Crippen molar-refractivity contribution in [3.63, 3.8) is 0 Å². The minimum absolute atomic E-state index is 0.214. The zero-order chi connectivity index (χ0) is 15.1. The lowest BCUT2D eigenvalue weighted by atomic mass is 8.85. The van der Waals surface area contributed by atoms with Crippen molar-refractivity contribution < 1.29 is 0 Å². The second-order valence-corrected chi connectivity index (χ2v) is 7.57. The van der Waals surface area contributed by atoms with E-state index in [-0.39, 0.29) is 5.41 Å². The zero-order valence-electron chi connectivity index (χ0n) is 14.7. The van der Waals surface area contributed by atoms with E-state index in [2.05, 4.69) is 72.6 Å². The molecule has 0 aliphatic rings. The summed E-state index contributed by atoms with van der Waals surface area (Å²) >= 11 is 0. The van der Waals surface area contributed by atoms with E-state index < -0.39 is 0 Å². The maximum Gasteiger partial charge on any atom is 0.140 e. The van der Waals surface area contributed by atoms with Crippen molar-refractivity contribution in [1.29, 1.82) is 0 Å². The third kappa shape index (κ3) is 3.03. The van der Waals surface area contributed by atoms with Crippen molar-refractivity contribution in [2.75, 3.05) is 0 Å². The summed E-state index contributed by atoms with van der Waals surface area (Å²) in [6.07, 6.45) is 0.682. The Morgan fingerprint density at radius 3 is 1.68 bits per heavy atom. The highest BCUT2D eigenvalue weighted by molar-refractivity contribution is 7.69. The largest absolute Gasteiger partial charge is 0.140 e. The maximum atomic E-state index is 2.39. The molecule has 0 atom stereocenters. The topological polar surface area (TPSA) is 0 Å². The van der Waals surface area contributed by atoms with Crippen molar-refractivity contribution in [1.82, 2.24) is 0 Å². The molecule has 0 fully saturated rings. The van der Waals surface area contributed by atoms with E-state index in [1.807, 2.05) is 0 Å². The van der Waals surface area contributed by atoms with Gasteiger partial charge in [-0.05, 0) is 31.7 Å². The Kier molecular flexibility index (Phi) is 4.86. The standard InChI is InChI=1S/C13H26B6/c1-7-8(2)11(14)10(13(4,5)6)12(9(7)3)18(15)19(16)17/h14-17H2,1-6H3. The smallest absolute Gasteiger partial charge is 0.0922 e. The molecule has 0 amide bonds. The first kappa shape index (κ1) is 16.7. The van der Waals surface area contributed by atoms with Gasteiger partial charge in [-0.2, -0.15) is 0 Å². The first-order chi connectivity index (χ1) is 8.50. The van der Waals surface area contributed by atoms with E-state index in [1.54, 1.807) is 11.0 Å². The Balaban J connectivity index is 3.78. The van der Waals surface area contributed by atoms with E-state index in [0.29, 0.717) is 12.9 Å². The van der Waals surface area contributed by atoms with Gasteiger partial charge in [0.1, 0.15) is 7.85 Å². The molecule has 96 valence electrons. The SMILES string of the molecule is BB(B)B(B)c1c(C)c(C)c(C)c(B)c1C(C)(C)C. The Labute approximate surface area is 124 Å². The van der Waals surface area contributed by atoms with E-state index in [9.17, 15) is 0 Å². The summed E-state index contributed by atoms with van der Waals surface area (Å²) in [5.74, 6) is 0. The molecule has 0 unspecified atom stereocenters. The van der Waals surface area contributed by atoms with Crippen LogP contribution in [0.3, 0.4) is 0 Å². The molecule has 0 saturated heterocycles. The van der Waals surface area contributed by atoms with E-state index in [1.165, 1.54) is 22.2 Å². The summed E-state index contributed by atoms with van der Waals surface area (Å²) < 4.78 is 0. The molecule has 6 heteroatoms. The fourth-order valence-electron chi connectivity index (χ4n) is 3.21. The lowest BCUT2D eigenvalue weighted by Gasteiger charge is -2.33. The highest BCUT2D eigenvalue weighted by Gasteiger charge is 2.29. The van der Waals surface area contributed by atoms with Crippen LogP contribution < -0.4 is 10.9 Å². The summed E-state index contributed by atoms with van der Waals surface area (Å²) in [7, 11) is 9.36. The van der Waals surface area contributed by atoms with Crippen molar-refractivity contribution in [2.45, 2.75) is 47.0 Å². The van der Waals surface area contributed by atoms with Crippen LogP contribution in [0.4, 0.5) is 0 Å². The van der Waals surface area contributed by atoms with Crippen LogP contribution in [0.5, 0.6) is 0 Å². The molecule has 0 aromatic heterocycles. The zero-order valence-corrected chi connectivity index (χ0v) is 14.7. The Morgan fingerprint density at radius 1 is 0.842 bits per heavy atom. The number of benzene rings is 1. The van der Waals surface area contributed by atoms with Crippen LogP contribution >= 0.6 is 0 Å². The molecule has 1 aromatic carbocycles. The lowest BCUT2D eigenvalue weighted by molar-refractivity contribution is 0.597. The van der Waals surface area contributed by atoms with Gasteiger partial charge in [0.25, 0.3) is 0 Å². The van der Waals surface area contributed by atoms with Gasteiger partial charge in [0.15, 0.2) is 0 Å². The minimum atomic E-state index is 0.214. The molecular weight excluding hydrogens is 221 g/mol. The van der Waals surface area contributed by atoms with Gasteiger partial charge in [0.05, 0.1) is 29.7 Å². The molecule has 0 bridgehead atoms. The van der Waals surface area contributed by atoms with Gasteiger partial charge in [-0.25, -0.2) is 0 Å². The number of hydrogen-bond acceptors (Lipinski definition) is 0. The molecule has 0 aliphatic carbocycles. The lowest BCUT2D eigenvalue weighted by Crippen LogP contribution is -2.54. The molecule has 0 spiro atoms. The third-order valence-corrected chi connectivity index (χ3v) is 4.94. The molecule has 0 heterocycles. The summed E-state index contributed by atoms with van der Waals surface area (Å²) in [4.78, 5) is 0. The first-order valence-corrected chi connectivity index (χ1v) is 7.60. The predicted octanol–water partition coefficient (Wildman–Crippen LogP) is -2.17. The highest BCUT2D eigenvalue weighted by atomic mass is 14.2. The maximum absolute atomic E-state index is 2.39. The van der Waals surface area contributed by atoms with Crippen LogP contribution in [0.1, 0.15) is 43.0 Å². The van der Waals surface area contributed by atoms with Gasteiger partial charge in [0.2, 0.25) is 0 Å². The molecular formula is C13H26B6. The average Bonchev–Trinajstić information content (AvgIpc) is 2.28. The van der Waals surface area contributed by atoms with Gasteiger partial charge in [-0.15, -0.1) is 0 Å². The van der Waals surface area contributed by atoms with Gasteiger partial charge < -0.3 is 0 Å². The quantitative estimate of drug-likeness (QED) is 0.522. The van der Waals surface area contributed by atoms with E-state index >= 15 is 0 Å². The molecule has 1 rings (SSSR count). The van der Waals surface area contributed by atoms with E-state index in [0.717, 1.165) is 0 Å².